The predicted octanol–water partition coefficient (Wildman–Crippen LogP) is 1.21. The summed E-state index contributed by atoms with van der Waals surface area (Å²) in [4.78, 5) is 1.88. The van der Waals surface area contributed by atoms with Crippen molar-refractivity contribution in [3.8, 4) is 0 Å². The molecule has 1 unspecified atom stereocenters. The van der Waals surface area contributed by atoms with E-state index >= 15 is 0 Å². The van der Waals surface area contributed by atoms with E-state index in [9.17, 15) is 0 Å². The molecule has 6 heteroatoms. The fourth-order valence-electron chi connectivity index (χ4n) is 1.33. The highest BCUT2D eigenvalue weighted by Gasteiger charge is 2.15. The van der Waals surface area contributed by atoms with Crippen LogP contribution in [0.1, 0.15) is 32.2 Å². The van der Waals surface area contributed by atoms with Crippen LogP contribution >= 0.6 is 0 Å². The van der Waals surface area contributed by atoms with Gasteiger partial charge >= 0.3 is 6.01 Å². The van der Waals surface area contributed by atoms with E-state index in [1.807, 2.05) is 18.9 Å². The van der Waals surface area contributed by atoms with Crippen molar-refractivity contribution in [3.05, 3.63) is 5.89 Å². The van der Waals surface area contributed by atoms with Crippen molar-refractivity contribution >= 4 is 6.01 Å². The van der Waals surface area contributed by atoms with Gasteiger partial charge in [-0.3, -0.25) is 0 Å². The number of ether oxygens (including phenoxy) is 1. The SMILES string of the molecule is CCCNC(C)c1nnc(N(C)CCOC)o1. The van der Waals surface area contributed by atoms with E-state index in [2.05, 4.69) is 22.4 Å². The van der Waals surface area contributed by atoms with E-state index in [1.165, 1.54) is 0 Å². The first-order valence-corrected chi connectivity index (χ1v) is 5.95. The molecule has 98 valence electrons. The molecule has 1 heterocycles. The molecule has 0 saturated carbocycles. The summed E-state index contributed by atoms with van der Waals surface area (Å²) in [6.07, 6.45) is 1.08. The third kappa shape index (κ3) is 4.32. The highest BCUT2D eigenvalue weighted by atomic mass is 16.5. The summed E-state index contributed by atoms with van der Waals surface area (Å²) in [6.45, 7) is 6.45. The molecule has 0 amide bonds. The first-order valence-electron chi connectivity index (χ1n) is 5.95. The van der Waals surface area contributed by atoms with Crippen LogP contribution in [-0.4, -0.2) is 44.1 Å². The lowest BCUT2D eigenvalue weighted by Crippen LogP contribution is -2.22. The van der Waals surface area contributed by atoms with Gasteiger partial charge in [0.15, 0.2) is 0 Å². The van der Waals surface area contributed by atoms with Crippen LogP contribution in [0.4, 0.5) is 6.01 Å². The minimum atomic E-state index is 0.0898. The molecule has 1 rings (SSSR count). The summed E-state index contributed by atoms with van der Waals surface area (Å²) in [5, 5.41) is 11.4. The lowest BCUT2D eigenvalue weighted by molar-refractivity contribution is 0.205. The van der Waals surface area contributed by atoms with Crippen molar-refractivity contribution in [1.29, 1.82) is 0 Å². The lowest BCUT2D eigenvalue weighted by atomic mass is 10.3. The summed E-state index contributed by atoms with van der Waals surface area (Å²) in [6, 6.07) is 0.620. The van der Waals surface area contributed by atoms with Gasteiger partial charge in [0.25, 0.3) is 0 Å². The molecule has 6 nitrogen and oxygen atoms in total. The zero-order valence-corrected chi connectivity index (χ0v) is 11.1. The first kappa shape index (κ1) is 13.9. The number of hydrogen-bond acceptors (Lipinski definition) is 6. The molecule has 0 spiro atoms. The highest BCUT2D eigenvalue weighted by Crippen LogP contribution is 2.15. The van der Waals surface area contributed by atoms with E-state index < -0.39 is 0 Å². The Morgan fingerprint density at radius 1 is 1.47 bits per heavy atom. The normalized spacial score (nSPS) is 12.7. The molecule has 0 radical (unpaired) electrons. The van der Waals surface area contributed by atoms with Gasteiger partial charge in [-0.15, -0.1) is 5.10 Å². The van der Waals surface area contributed by atoms with Gasteiger partial charge in [0.2, 0.25) is 5.89 Å². The van der Waals surface area contributed by atoms with Crippen molar-refractivity contribution in [2.24, 2.45) is 0 Å². The molecule has 1 aromatic rings. The topological polar surface area (TPSA) is 63.4 Å². The molecule has 1 atom stereocenters. The Morgan fingerprint density at radius 2 is 2.24 bits per heavy atom. The van der Waals surface area contributed by atoms with Crippen LogP contribution in [0.25, 0.3) is 0 Å². The third-order valence-corrected chi connectivity index (χ3v) is 2.46. The zero-order chi connectivity index (χ0) is 12.7. The molecule has 17 heavy (non-hydrogen) atoms. The van der Waals surface area contributed by atoms with Gasteiger partial charge in [0, 0.05) is 20.7 Å². The van der Waals surface area contributed by atoms with Crippen LogP contribution in [0.2, 0.25) is 0 Å². The van der Waals surface area contributed by atoms with Crippen LogP contribution in [0, 0.1) is 0 Å². The molecular weight excluding hydrogens is 220 g/mol. The average Bonchev–Trinajstić information content (AvgIpc) is 2.82. The van der Waals surface area contributed by atoms with Gasteiger partial charge in [0.1, 0.15) is 0 Å². The maximum atomic E-state index is 5.59. The van der Waals surface area contributed by atoms with E-state index in [4.69, 9.17) is 9.15 Å². The fraction of sp³-hybridized carbons (Fsp3) is 0.818. The minimum absolute atomic E-state index is 0.0898. The summed E-state index contributed by atoms with van der Waals surface area (Å²) in [5.74, 6) is 0.623. The number of aromatic nitrogens is 2. The van der Waals surface area contributed by atoms with Crippen molar-refractivity contribution in [2.45, 2.75) is 26.3 Å². The largest absolute Gasteiger partial charge is 0.406 e. The standard InChI is InChI=1S/C11H22N4O2/c1-5-6-12-9(2)10-13-14-11(17-10)15(3)7-8-16-4/h9,12H,5-8H2,1-4H3. The molecule has 1 N–H and O–H groups in total. The van der Waals surface area contributed by atoms with Gasteiger partial charge in [-0.25, -0.2) is 0 Å². The second-order valence-electron chi connectivity index (χ2n) is 4.01. The Bertz CT molecular complexity index is 288. The van der Waals surface area contributed by atoms with Gasteiger partial charge in [-0.05, 0) is 19.9 Å². The van der Waals surface area contributed by atoms with E-state index in [-0.39, 0.29) is 6.04 Å². The number of rotatable bonds is 8. The number of nitrogens with one attached hydrogen (secondary N) is 1. The quantitative estimate of drug-likeness (QED) is 0.739. The van der Waals surface area contributed by atoms with E-state index in [1.54, 1.807) is 7.11 Å². The molecule has 1 aromatic heterocycles. The van der Waals surface area contributed by atoms with Crippen LogP contribution in [0.5, 0.6) is 0 Å². The Labute approximate surface area is 102 Å². The predicted molar refractivity (Wildman–Crippen MR) is 66.2 cm³/mol. The van der Waals surface area contributed by atoms with Crippen LogP contribution in [0.3, 0.4) is 0 Å². The first-order chi connectivity index (χ1) is 8.19. The second-order valence-corrected chi connectivity index (χ2v) is 4.01. The summed E-state index contributed by atoms with van der Waals surface area (Å²) < 4.78 is 10.6. The van der Waals surface area contributed by atoms with Crippen LogP contribution in [0.15, 0.2) is 4.42 Å². The molecular formula is C11H22N4O2. The number of likely N-dealkylation sites (N-methyl/N-ethyl adjacent to an activating group) is 1. The number of anilines is 1. The highest BCUT2D eigenvalue weighted by molar-refractivity contribution is 5.21. The van der Waals surface area contributed by atoms with E-state index in [0.29, 0.717) is 18.5 Å². The van der Waals surface area contributed by atoms with Crippen LogP contribution < -0.4 is 10.2 Å². The Kier molecular flexibility index (Phi) is 5.93. The second kappa shape index (κ2) is 7.24. The monoisotopic (exact) mass is 242 g/mol. The third-order valence-electron chi connectivity index (χ3n) is 2.46. The van der Waals surface area contributed by atoms with Crippen molar-refractivity contribution in [3.63, 3.8) is 0 Å². The molecule has 0 bridgehead atoms. The maximum absolute atomic E-state index is 5.59. The van der Waals surface area contributed by atoms with Crippen molar-refractivity contribution in [2.75, 3.05) is 38.8 Å². The number of hydrogen-bond donors (Lipinski definition) is 1. The van der Waals surface area contributed by atoms with Crippen molar-refractivity contribution in [1.82, 2.24) is 15.5 Å². The Morgan fingerprint density at radius 3 is 2.88 bits per heavy atom. The van der Waals surface area contributed by atoms with Gasteiger partial charge in [0.05, 0.1) is 12.6 Å². The average molecular weight is 242 g/mol. The molecule has 0 aliphatic rings. The number of nitrogens with zero attached hydrogens (tertiary/aromatic N) is 3. The summed E-state index contributed by atoms with van der Waals surface area (Å²) >= 11 is 0. The van der Waals surface area contributed by atoms with Gasteiger partial charge in [-0.1, -0.05) is 12.0 Å². The summed E-state index contributed by atoms with van der Waals surface area (Å²) in [5.41, 5.74) is 0. The van der Waals surface area contributed by atoms with Gasteiger partial charge < -0.3 is 19.4 Å². The fourth-order valence-corrected chi connectivity index (χ4v) is 1.33. The molecule has 0 aliphatic carbocycles. The summed E-state index contributed by atoms with van der Waals surface area (Å²) in [7, 11) is 3.57. The molecule has 0 fully saturated rings. The van der Waals surface area contributed by atoms with Crippen LogP contribution in [-0.2, 0) is 4.74 Å². The Hall–Kier alpha value is -1.14. The zero-order valence-electron chi connectivity index (χ0n) is 11.1. The lowest BCUT2D eigenvalue weighted by Gasteiger charge is -2.13. The Balaban J connectivity index is 2.51. The molecule has 0 aromatic carbocycles. The van der Waals surface area contributed by atoms with Gasteiger partial charge in [-0.2, -0.15) is 0 Å². The minimum Gasteiger partial charge on any atom is -0.406 e. The number of methoxy groups -OCH3 is 1. The smallest absolute Gasteiger partial charge is 0.318 e. The maximum Gasteiger partial charge on any atom is 0.318 e. The van der Waals surface area contributed by atoms with Crippen molar-refractivity contribution < 1.29 is 9.15 Å². The van der Waals surface area contributed by atoms with E-state index in [0.717, 1.165) is 19.5 Å². The molecule has 0 aliphatic heterocycles. The molecule has 0 saturated heterocycles.